The molecule has 1 unspecified atom stereocenters. The van der Waals surface area contributed by atoms with Gasteiger partial charge in [-0.2, -0.15) is 0 Å². The molecule has 0 saturated heterocycles. The number of aromatic nitrogens is 1. The van der Waals surface area contributed by atoms with Gasteiger partial charge in [0.05, 0.1) is 0 Å². The quantitative estimate of drug-likeness (QED) is 0.766. The molecule has 1 N–H and O–H groups in total. The topological polar surface area (TPSA) is 24.9 Å². The van der Waals surface area contributed by atoms with Gasteiger partial charge in [0.25, 0.3) is 0 Å². The van der Waals surface area contributed by atoms with Gasteiger partial charge in [-0.1, -0.05) is 54.6 Å². The number of hydrogen-bond donors (Lipinski definition) is 1. The van der Waals surface area contributed by atoms with Crippen LogP contribution in [0.4, 0.5) is 0 Å². The fraction of sp³-hybridized carbons (Fsp3) is 0.167. The van der Waals surface area contributed by atoms with E-state index in [-0.39, 0.29) is 0 Å². The Bertz CT molecular complexity index is 687. The Hall–Kier alpha value is -2.19. The largest absolute Gasteiger partial charge is 0.306 e. The van der Waals surface area contributed by atoms with E-state index in [1.165, 1.54) is 21.9 Å². The van der Waals surface area contributed by atoms with Gasteiger partial charge >= 0.3 is 0 Å². The van der Waals surface area contributed by atoms with Crippen molar-refractivity contribution < 1.29 is 0 Å². The maximum Gasteiger partial charge on any atom is 0.0346 e. The highest BCUT2D eigenvalue weighted by molar-refractivity contribution is 5.84. The Morgan fingerprint density at radius 1 is 0.950 bits per heavy atom. The zero-order valence-electron chi connectivity index (χ0n) is 11.6. The van der Waals surface area contributed by atoms with E-state index in [4.69, 9.17) is 0 Å². The molecule has 1 aromatic heterocycles. The molecule has 2 heteroatoms. The van der Waals surface area contributed by atoms with Crippen molar-refractivity contribution in [3.05, 3.63) is 78.1 Å². The lowest BCUT2D eigenvalue weighted by atomic mass is 10.1. The second kappa shape index (κ2) is 5.85. The van der Waals surface area contributed by atoms with E-state index in [9.17, 15) is 0 Å². The molecule has 0 aliphatic carbocycles. The number of nitrogens with one attached hydrogen (secondary N) is 1. The first-order valence-electron chi connectivity index (χ1n) is 6.94. The molecule has 0 radical (unpaired) electrons. The molecule has 0 fully saturated rings. The first-order chi connectivity index (χ1) is 9.84. The van der Waals surface area contributed by atoms with Crippen LogP contribution in [0, 0.1) is 0 Å². The van der Waals surface area contributed by atoms with Crippen molar-refractivity contribution in [2.45, 2.75) is 19.5 Å². The fourth-order valence-electron chi connectivity index (χ4n) is 2.44. The summed E-state index contributed by atoms with van der Waals surface area (Å²) in [6.45, 7) is 3.01. The fourth-order valence-corrected chi connectivity index (χ4v) is 2.44. The van der Waals surface area contributed by atoms with Gasteiger partial charge in [-0.05, 0) is 23.4 Å². The summed E-state index contributed by atoms with van der Waals surface area (Å²) in [5, 5.41) is 6.03. The van der Waals surface area contributed by atoms with Gasteiger partial charge in [-0.3, -0.25) is 4.98 Å². The molecule has 2 nitrogen and oxygen atoms in total. The van der Waals surface area contributed by atoms with Gasteiger partial charge in [0.2, 0.25) is 0 Å². The lowest BCUT2D eigenvalue weighted by molar-refractivity contribution is 0.576. The van der Waals surface area contributed by atoms with E-state index in [1.54, 1.807) is 0 Å². The van der Waals surface area contributed by atoms with Crippen LogP contribution in [0.5, 0.6) is 0 Å². The molecule has 2 aromatic carbocycles. The summed E-state index contributed by atoms with van der Waals surface area (Å²) in [6.07, 6.45) is 3.87. The standard InChI is InChI=1S/C18H18N2/c1-14(15-7-3-2-4-8-15)20-13-17-12-19-11-16-9-5-6-10-18(16)17/h2-12,14,20H,13H2,1H3. The van der Waals surface area contributed by atoms with Crippen molar-refractivity contribution in [1.29, 1.82) is 0 Å². The lowest BCUT2D eigenvalue weighted by Gasteiger charge is -2.15. The Labute approximate surface area is 119 Å². The zero-order chi connectivity index (χ0) is 13.8. The van der Waals surface area contributed by atoms with Gasteiger partial charge in [-0.25, -0.2) is 0 Å². The molecule has 0 bridgehead atoms. The predicted octanol–water partition coefficient (Wildman–Crippen LogP) is 4.09. The Morgan fingerprint density at radius 2 is 1.70 bits per heavy atom. The average Bonchev–Trinajstić information content (AvgIpc) is 2.53. The molecular weight excluding hydrogens is 244 g/mol. The third-order valence-electron chi connectivity index (χ3n) is 3.65. The lowest BCUT2D eigenvalue weighted by Crippen LogP contribution is -2.18. The normalized spacial score (nSPS) is 12.4. The zero-order valence-corrected chi connectivity index (χ0v) is 11.6. The Morgan fingerprint density at radius 3 is 2.55 bits per heavy atom. The van der Waals surface area contributed by atoms with Crippen molar-refractivity contribution in [2.24, 2.45) is 0 Å². The van der Waals surface area contributed by atoms with Gasteiger partial charge < -0.3 is 5.32 Å². The third kappa shape index (κ3) is 2.70. The molecule has 3 aromatic rings. The second-order valence-corrected chi connectivity index (χ2v) is 5.03. The SMILES string of the molecule is CC(NCc1cncc2ccccc12)c1ccccc1. The Kier molecular flexibility index (Phi) is 3.75. The molecule has 0 amide bonds. The molecule has 1 heterocycles. The first-order valence-corrected chi connectivity index (χ1v) is 6.94. The van der Waals surface area contributed by atoms with E-state index >= 15 is 0 Å². The molecule has 100 valence electrons. The predicted molar refractivity (Wildman–Crippen MR) is 83.4 cm³/mol. The highest BCUT2D eigenvalue weighted by Crippen LogP contribution is 2.18. The van der Waals surface area contributed by atoms with Crippen molar-refractivity contribution in [2.75, 3.05) is 0 Å². The third-order valence-corrected chi connectivity index (χ3v) is 3.65. The summed E-state index contributed by atoms with van der Waals surface area (Å²) in [6, 6.07) is 19.2. The highest BCUT2D eigenvalue weighted by Gasteiger charge is 2.06. The highest BCUT2D eigenvalue weighted by atomic mass is 14.9. The number of rotatable bonds is 4. The van der Waals surface area contributed by atoms with E-state index < -0.39 is 0 Å². The number of nitrogens with zero attached hydrogens (tertiary/aromatic N) is 1. The van der Waals surface area contributed by atoms with Crippen LogP contribution in [0.25, 0.3) is 10.8 Å². The van der Waals surface area contributed by atoms with Crippen molar-refractivity contribution in [1.82, 2.24) is 10.3 Å². The molecule has 1 atom stereocenters. The van der Waals surface area contributed by atoms with Crippen LogP contribution in [0.1, 0.15) is 24.1 Å². The van der Waals surface area contributed by atoms with Crippen molar-refractivity contribution in [3.8, 4) is 0 Å². The smallest absolute Gasteiger partial charge is 0.0346 e. The van der Waals surface area contributed by atoms with Crippen molar-refractivity contribution in [3.63, 3.8) is 0 Å². The van der Waals surface area contributed by atoms with Gasteiger partial charge in [0.15, 0.2) is 0 Å². The summed E-state index contributed by atoms with van der Waals surface area (Å²) in [7, 11) is 0. The number of hydrogen-bond acceptors (Lipinski definition) is 2. The molecule has 0 spiro atoms. The van der Waals surface area contributed by atoms with Crippen LogP contribution in [0.2, 0.25) is 0 Å². The van der Waals surface area contributed by atoms with E-state index in [0.717, 1.165) is 6.54 Å². The molecule has 20 heavy (non-hydrogen) atoms. The molecule has 0 saturated carbocycles. The number of fused-ring (bicyclic) bond motifs is 1. The van der Waals surface area contributed by atoms with Crippen LogP contribution in [-0.4, -0.2) is 4.98 Å². The molecule has 0 aliphatic heterocycles. The summed E-state index contributed by atoms with van der Waals surface area (Å²) in [5.41, 5.74) is 2.55. The Balaban J connectivity index is 1.77. The second-order valence-electron chi connectivity index (χ2n) is 5.03. The molecule has 0 aliphatic rings. The first kappa shape index (κ1) is 12.8. The van der Waals surface area contributed by atoms with Gasteiger partial charge in [0, 0.05) is 30.4 Å². The van der Waals surface area contributed by atoms with Gasteiger partial charge in [0.1, 0.15) is 0 Å². The average molecular weight is 262 g/mol. The molecule has 3 rings (SSSR count). The van der Waals surface area contributed by atoms with Crippen LogP contribution < -0.4 is 5.32 Å². The van der Waals surface area contributed by atoms with E-state index in [2.05, 4.69) is 59.7 Å². The molecular formula is C18H18N2. The summed E-state index contributed by atoms with van der Waals surface area (Å²) < 4.78 is 0. The van der Waals surface area contributed by atoms with Crippen LogP contribution in [0.15, 0.2) is 67.0 Å². The summed E-state index contributed by atoms with van der Waals surface area (Å²) >= 11 is 0. The monoisotopic (exact) mass is 262 g/mol. The number of pyridine rings is 1. The van der Waals surface area contributed by atoms with Gasteiger partial charge in [-0.15, -0.1) is 0 Å². The van der Waals surface area contributed by atoms with Crippen LogP contribution in [0.3, 0.4) is 0 Å². The minimum absolute atomic E-state index is 0.329. The van der Waals surface area contributed by atoms with E-state index in [0.29, 0.717) is 6.04 Å². The van der Waals surface area contributed by atoms with Crippen LogP contribution in [-0.2, 0) is 6.54 Å². The summed E-state index contributed by atoms with van der Waals surface area (Å²) in [4.78, 5) is 4.32. The minimum Gasteiger partial charge on any atom is -0.306 e. The van der Waals surface area contributed by atoms with Crippen molar-refractivity contribution >= 4 is 10.8 Å². The number of benzene rings is 2. The summed E-state index contributed by atoms with van der Waals surface area (Å²) in [5.74, 6) is 0. The van der Waals surface area contributed by atoms with E-state index in [1.807, 2.05) is 24.5 Å². The maximum atomic E-state index is 4.32. The minimum atomic E-state index is 0.329. The van der Waals surface area contributed by atoms with Crippen LogP contribution >= 0.6 is 0 Å². The maximum absolute atomic E-state index is 4.32.